The van der Waals surface area contributed by atoms with Crippen LogP contribution in [0, 0.1) is 0 Å². The average molecular weight is 290 g/mol. The number of methoxy groups -OCH3 is 2. The van der Waals surface area contributed by atoms with Crippen LogP contribution in [0.3, 0.4) is 0 Å². The number of nitrogens with zero attached hydrogens (tertiary/aromatic N) is 1. The van der Waals surface area contributed by atoms with Gasteiger partial charge in [-0.15, -0.1) is 0 Å². The van der Waals surface area contributed by atoms with Crippen molar-refractivity contribution in [3.05, 3.63) is 30.3 Å². The summed E-state index contributed by atoms with van der Waals surface area (Å²) in [6.07, 6.45) is 1.46. The lowest BCUT2D eigenvalue weighted by atomic mass is 10.1. The van der Waals surface area contributed by atoms with Crippen LogP contribution in [0.4, 0.5) is 0 Å². The number of oxazole rings is 1. The van der Waals surface area contributed by atoms with Crippen LogP contribution >= 0.6 is 0 Å². The third-order valence-electron chi connectivity index (χ3n) is 3.08. The molecule has 0 atom stereocenters. The molecule has 0 amide bonds. The highest BCUT2D eigenvalue weighted by Gasteiger charge is 2.18. The van der Waals surface area contributed by atoms with Gasteiger partial charge in [-0.25, -0.2) is 4.98 Å². The minimum Gasteiger partial charge on any atom is -0.497 e. The van der Waals surface area contributed by atoms with Crippen molar-refractivity contribution < 1.29 is 13.9 Å². The van der Waals surface area contributed by atoms with E-state index in [1.807, 2.05) is 18.2 Å². The van der Waals surface area contributed by atoms with Crippen molar-refractivity contribution in [1.29, 1.82) is 0 Å². The van der Waals surface area contributed by atoms with E-state index in [1.165, 1.54) is 6.39 Å². The summed E-state index contributed by atoms with van der Waals surface area (Å²) in [6.45, 7) is 6.96. The number of benzene rings is 1. The van der Waals surface area contributed by atoms with Gasteiger partial charge < -0.3 is 19.2 Å². The van der Waals surface area contributed by atoms with E-state index >= 15 is 0 Å². The van der Waals surface area contributed by atoms with Crippen molar-refractivity contribution in [2.24, 2.45) is 0 Å². The first-order valence-corrected chi connectivity index (χ1v) is 6.84. The Kier molecular flexibility index (Phi) is 4.53. The molecular formula is C16H22N2O3. The van der Waals surface area contributed by atoms with Gasteiger partial charge in [0, 0.05) is 18.2 Å². The van der Waals surface area contributed by atoms with Crippen LogP contribution in [0.5, 0.6) is 11.5 Å². The predicted molar refractivity (Wildman–Crippen MR) is 81.6 cm³/mol. The molecule has 2 rings (SSSR count). The van der Waals surface area contributed by atoms with Gasteiger partial charge >= 0.3 is 0 Å². The zero-order chi connectivity index (χ0) is 15.5. The van der Waals surface area contributed by atoms with E-state index in [1.54, 1.807) is 14.2 Å². The molecule has 1 aromatic carbocycles. The number of ether oxygens (including phenoxy) is 2. The molecule has 0 radical (unpaired) electrons. The fourth-order valence-electron chi connectivity index (χ4n) is 1.95. The lowest BCUT2D eigenvalue weighted by molar-refractivity contribution is 0.394. The van der Waals surface area contributed by atoms with Gasteiger partial charge in [0.2, 0.25) is 0 Å². The first-order chi connectivity index (χ1) is 9.94. The summed E-state index contributed by atoms with van der Waals surface area (Å²) in [5.74, 6) is 2.15. The van der Waals surface area contributed by atoms with E-state index in [9.17, 15) is 0 Å². The smallest absolute Gasteiger partial charge is 0.181 e. The van der Waals surface area contributed by atoms with Crippen LogP contribution in [-0.4, -0.2) is 24.7 Å². The van der Waals surface area contributed by atoms with Gasteiger partial charge in [-0.05, 0) is 32.9 Å². The summed E-state index contributed by atoms with van der Waals surface area (Å²) in [4.78, 5) is 4.30. The Labute approximate surface area is 125 Å². The van der Waals surface area contributed by atoms with E-state index in [2.05, 4.69) is 31.1 Å². The molecule has 1 aromatic heterocycles. The zero-order valence-electron chi connectivity index (χ0n) is 13.2. The van der Waals surface area contributed by atoms with Gasteiger partial charge in [0.15, 0.2) is 12.2 Å². The van der Waals surface area contributed by atoms with Gasteiger partial charge in [0.25, 0.3) is 0 Å². The molecular weight excluding hydrogens is 268 g/mol. The summed E-state index contributed by atoms with van der Waals surface area (Å²) in [7, 11) is 3.25. The Morgan fingerprint density at radius 2 is 1.95 bits per heavy atom. The molecule has 0 aliphatic rings. The van der Waals surface area contributed by atoms with Crippen LogP contribution in [-0.2, 0) is 6.54 Å². The standard InChI is InChI=1S/C16H22N2O3/c1-16(2,3)18-9-13-15(21-10-17-13)12-7-6-11(19-4)8-14(12)20-5/h6-8,10,18H,9H2,1-5H3. The van der Waals surface area contributed by atoms with Gasteiger partial charge in [0.1, 0.15) is 17.2 Å². The Bertz CT molecular complexity index is 600. The second-order valence-electron chi connectivity index (χ2n) is 5.80. The second kappa shape index (κ2) is 6.18. The second-order valence-corrected chi connectivity index (χ2v) is 5.80. The molecule has 1 heterocycles. The summed E-state index contributed by atoms with van der Waals surface area (Å²) in [5, 5.41) is 3.41. The van der Waals surface area contributed by atoms with Crippen LogP contribution < -0.4 is 14.8 Å². The van der Waals surface area contributed by atoms with E-state index in [4.69, 9.17) is 13.9 Å². The molecule has 0 saturated heterocycles. The fourth-order valence-corrected chi connectivity index (χ4v) is 1.95. The van der Waals surface area contributed by atoms with Crippen molar-refractivity contribution >= 4 is 0 Å². The Balaban J connectivity index is 2.32. The molecule has 0 fully saturated rings. The maximum absolute atomic E-state index is 5.56. The van der Waals surface area contributed by atoms with E-state index in [0.29, 0.717) is 18.1 Å². The van der Waals surface area contributed by atoms with Gasteiger partial charge in [-0.1, -0.05) is 0 Å². The molecule has 5 heteroatoms. The Morgan fingerprint density at radius 3 is 2.57 bits per heavy atom. The third kappa shape index (κ3) is 3.76. The zero-order valence-corrected chi connectivity index (χ0v) is 13.2. The minimum absolute atomic E-state index is 0.0141. The molecule has 21 heavy (non-hydrogen) atoms. The highest BCUT2D eigenvalue weighted by Crippen LogP contribution is 2.35. The summed E-state index contributed by atoms with van der Waals surface area (Å²) >= 11 is 0. The number of hydrogen-bond donors (Lipinski definition) is 1. The first-order valence-electron chi connectivity index (χ1n) is 6.84. The molecule has 0 aliphatic carbocycles. The summed E-state index contributed by atoms with van der Waals surface area (Å²) < 4.78 is 16.2. The summed E-state index contributed by atoms with van der Waals surface area (Å²) in [5.41, 5.74) is 1.73. The molecule has 2 aromatic rings. The summed E-state index contributed by atoms with van der Waals surface area (Å²) in [6, 6.07) is 5.62. The molecule has 0 spiro atoms. The highest BCUT2D eigenvalue weighted by atomic mass is 16.5. The minimum atomic E-state index is 0.0141. The number of hydrogen-bond acceptors (Lipinski definition) is 5. The van der Waals surface area contributed by atoms with Crippen molar-refractivity contribution in [2.75, 3.05) is 14.2 Å². The quantitative estimate of drug-likeness (QED) is 0.916. The Morgan fingerprint density at radius 1 is 1.19 bits per heavy atom. The van der Waals surface area contributed by atoms with Gasteiger partial charge in [0.05, 0.1) is 19.8 Å². The average Bonchev–Trinajstić information content (AvgIpc) is 2.91. The molecule has 0 unspecified atom stereocenters. The number of rotatable bonds is 5. The van der Waals surface area contributed by atoms with E-state index in [-0.39, 0.29) is 5.54 Å². The topological polar surface area (TPSA) is 56.5 Å². The maximum Gasteiger partial charge on any atom is 0.181 e. The molecule has 1 N–H and O–H groups in total. The highest BCUT2D eigenvalue weighted by molar-refractivity contribution is 5.69. The number of aromatic nitrogens is 1. The van der Waals surface area contributed by atoms with Crippen LogP contribution in [0.2, 0.25) is 0 Å². The Hall–Kier alpha value is -2.01. The van der Waals surface area contributed by atoms with Gasteiger partial charge in [-0.2, -0.15) is 0 Å². The SMILES string of the molecule is COc1ccc(-c2ocnc2CNC(C)(C)C)c(OC)c1. The first kappa shape index (κ1) is 15.4. The van der Waals surface area contributed by atoms with Crippen molar-refractivity contribution in [3.63, 3.8) is 0 Å². The van der Waals surface area contributed by atoms with E-state index in [0.717, 1.165) is 17.0 Å². The third-order valence-corrected chi connectivity index (χ3v) is 3.08. The fraction of sp³-hybridized carbons (Fsp3) is 0.438. The van der Waals surface area contributed by atoms with Crippen LogP contribution in [0.1, 0.15) is 26.5 Å². The number of nitrogens with one attached hydrogen (secondary N) is 1. The lowest BCUT2D eigenvalue weighted by Gasteiger charge is -2.20. The van der Waals surface area contributed by atoms with Crippen molar-refractivity contribution in [2.45, 2.75) is 32.9 Å². The van der Waals surface area contributed by atoms with Crippen LogP contribution in [0.25, 0.3) is 11.3 Å². The monoisotopic (exact) mass is 290 g/mol. The molecule has 5 nitrogen and oxygen atoms in total. The van der Waals surface area contributed by atoms with Gasteiger partial charge in [-0.3, -0.25) is 0 Å². The molecule has 0 aliphatic heterocycles. The predicted octanol–water partition coefficient (Wildman–Crippen LogP) is 3.25. The van der Waals surface area contributed by atoms with Crippen molar-refractivity contribution in [3.8, 4) is 22.8 Å². The lowest BCUT2D eigenvalue weighted by Crippen LogP contribution is -2.35. The molecule has 0 saturated carbocycles. The van der Waals surface area contributed by atoms with E-state index < -0.39 is 0 Å². The normalized spacial score (nSPS) is 11.5. The largest absolute Gasteiger partial charge is 0.497 e. The van der Waals surface area contributed by atoms with Crippen LogP contribution in [0.15, 0.2) is 29.0 Å². The molecule has 114 valence electrons. The molecule has 0 bridgehead atoms. The maximum atomic E-state index is 5.56. The van der Waals surface area contributed by atoms with Crippen molar-refractivity contribution in [1.82, 2.24) is 10.3 Å².